The molecule has 8 heteroatoms. The molecule has 0 N–H and O–H groups in total. The number of hydrogen-bond donors (Lipinski definition) is 0. The molecule has 3 nitrogen and oxygen atoms in total. The van der Waals surface area contributed by atoms with E-state index in [-0.39, 0.29) is 17.2 Å². The van der Waals surface area contributed by atoms with Crippen LogP contribution in [0.5, 0.6) is 5.75 Å². The first-order valence-electron chi connectivity index (χ1n) is 7.74. The van der Waals surface area contributed by atoms with Crippen molar-refractivity contribution in [3.8, 4) is 5.75 Å². The molecule has 0 atom stereocenters. The van der Waals surface area contributed by atoms with Gasteiger partial charge in [-0.25, -0.2) is 0 Å². The van der Waals surface area contributed by atoms with E-state index in [1.54, 1.807) is 19.9 Å². The van der Waals surface area contributed by atoms with E-state index >= 15 is 0 Å². The van der Waals surface area contributed by atoms with Gasteiger partial charge in [-0.1, -0.05) is 0 Å². The summed E-state index contributed by atoms with van der Waals surface area (Å²) in [6, 6.07) is 2.56. The highest BCUT2D eigenvalue weighted by molar-refractivity contribution is 5.90. The van der Waals surface area contributed by atoms with Crippen molar-refractivity contribution in [1.82, 2.24) is 4.90 Å². The molecule has 1 aromatic rings. The van der Waals surface area contributed by atoms with E-state index in [2.05, 4.69) is 0 Å². The van der Waals surface area contributed by atoms with Crippen LogP contribution in [0.4, 0.5) is 22.0 Å². The Morgan fingerprint density at radius 2 is 1.84 bits per heavy atom. The Labute approximate surface area is 141 Å². The second-order valence-electron chi connectivity index (χ2n) is 6.67. The van der Waals surface area contributed by atoms with E-state index < -0.39 is 23.3 Å². The maximum atomic E-state index is 13.7. The maximum absolute atomic E-state index is 13.7. The average molecular weight is 361 g/mol. The van der Waals surface area contributed by atoms with Gasteiger partial charge in [-0.3, -0.25) is 4.79 Å². The van der Waals surface area contributed by atoms with Crippen LogP contribution in [-0.2, 0) is 10.7 Å². The van der Waals surface area contributed by atoms with Crippen LogP contribution in [0, 0.1) is 0 Å². The normalized spacial score (nSPS) is 20.2. The van der Waals surface area contributed by atoms with Gasteiger partial charge in [0, 0.05) is 24.1 Å². The topological polar surface area (TPSA) is 29.5 Å². The van der Waals surface area contributed by atoms with Crippen LogP contribution in [0.1, 0.15) is 37.8 Å². The molecular formula is C17H16F5NO2. The zero-order chi connectivity index (χ0) is 18.6. The van der Waals surface area contributed by atoms with Gasteiger partial charge in [0.1, 0.15) is 11.4 Å². The molecule has 1 fully saturated rings. The fourth-order valence-corrected chi connectivity index (χ4v) is 3.02. The molecule has 0 aliphatic carbocycles. The smallest absolute Gasteiger partial charge is 0.458 e. The Hall–Kier alpha value is -2.12. The second-order valence-corrected chi connectivity index (χ2v) is 6.67. The second kappa shape index (κ2) is 5.44. The first-order valence-corrected chi connectivity index (χ1v) is 7.74. The summed E-state index contributed by atoms with van der Waals surface area (Å²) in [5, 5.41) is 0. The van der Waals surface area contributed by atoms with E-state index in [1.165, 1.54) is 4.90 Å². The monoisotopic (exact) mass is 361 g/mol. The zero-order valence-electron chi connectivity index (χ0n) is 13.6. The van der Waals surface area contributed by atoms with E-state index in [0.717, 1.165) is 12.1 Å². The van der Waals surface area contributed by atoms with Gasteiger partial charge in [-0.15, -0.1) is 0 Å². The highest BCUT2D eigenvalue weighted by atomic mass is 19.4. The van der Waals surface area contributed by atoms with Gasteiger partial charge in [0.25, 0.3) is 0 Å². The van der Waals surface area contributed by atoms with E-state index in [9.17, 15) is 26.7 Å². The van der Waals surface area contributed by atoms with Crippen LogP contribution < -0.4 is 4.74 Å². The summed E-state index contributed by atoms with van der Waals surface area (Å²) in [7, 11) is 0. The Kier molecular flexibility index (Phi) is 3.85. The summed E-state index contributed by atoms with van der Waals surface area (Å²) < 4.78 is 71.1. The van der Waals surface area contributed by atoms with Gasteiger partial charge in [-0.05, 0) is 44.5 Å². The lowest BCUT2D eigenvalue weighted by molar-refractivity contribution is -0.289. The lowest BCUT2D eigenvalue weighted by Gasteiger charge is -2.34. The molecule has 1 saturated heterocycles. The fraction of sp³-hybridized carbons (Fsp3) is 0.471. The molecule has 0 bridgehead atoms. The molecule has 0 aromatic heterocycles. The Morgan fingerprint density at radius 1 is 1.16 bits per heavy atom. The predicted molar refractivity (Wildman–Crippen MR) is 80.0 cm³/mol. The number of benzene rings is 1. The Balaban J connectivity index is 2.13. The number of likely N-dealkylation sites (tertiary alicyclic amines) is 1. The third-order valence-corrected chi connectivity index (χ3v) is 4.20. The van der Waals surface area contributed by atoms with Crippen molar-refractivity contribution in [3.63, 3.8) is 0 Å². The third-order valence-electron chi connectivity index (χ3n) is 4.20. The summed E-state index contributed by atoms with van der Waals surface area (Å²) in [4.78, 5) is 13.5. The molecule has 136 valence electrons. The molecular weight excluding hydrogens is 345 g/mol. The van der Waals surface area contributed by atoms with E-state index in [0.29, 0.717) is 31.1 Å². The molecule has 3 rings (SSSR count). The van der Waals surface area contributed by atoms with Crippen LogP contribution in [-0.4, -0.2) is 29.1 Å². The predicted octanol–water partition coefficient (Wildman–Crippen LogP) is 4.48. The number of halogens is 5. The van der Waals surface area contributed by atoms with Crippen molar-refractivity contribution in [3.05, 3.63) is 35.4 Å². The molecule has 25 heavy (non-hydrogen) atoms. The van der Waals surface area contributed by atoms with E-state index in [4.69, 9.17) is 4.74 Å². The molecule has 0 spiro atoms. The molecule has 2 heterocycles. The molecule has 2 aliphatic heterocycles. The van der Waals surface area contributed by atoms with Gasteiger partial charge in [0.15, 0.2) is 0 Å². The quantitative estimate of drug-likeness (QED) is 0.727. The van der Waals surface area contributed by atoms with Crippen LogP contribution in [0.15, 0.2) is 24.3 Å². The largest absolute Gasteiger partial charge is 0.483 e. The van der Waals surface area contributed by atoms with Crippen LogP contribution in [0.25, 0.3) is 5.70 Å². The van der Waals surface area contributed by atoms with E-state index in [1.807, 2.05) is 0 Å². The minimum atomic E-state index is -5.70. The lowest BCUT2D eigenvalue weighted by atomic mass is 9.95. The number of fused-ring (bicyclic) bond motifs is 1. The highest BCUT2D eigenvalue weighted by Crippen LogP contribution is 2.47. The van der Waals surface area contributed by atoms with Crippen molar-refractivity contribution >= 4 is 11.6 Å². The zero-order valence-corrected chi connectivity index (χ0v) is 13.6. The molecule has 0 saturated carbocycles. The van der Waals surface area contributed by atoms with Crippen LogP contribution in [0.2, 0.25) is 0 Å². The standard InChI is InChI=1S/C17H16F5NO2/c1-15(2)9-12(23-7-3-4-14(23)24)11-8-10(5-6-13(11)25-15)16(18,19)17(20,21)22/h5-6,8-9H,3-4,7H2,1-2H3. The number of amides is 1. The summed E-state index contributed by atoms with van der Waals surface area (Å²) >= 11 is 0. The first-order chi connectivity index (χ1) is 11.4. The lowest BCUT2D eigenvalue weighted by Crippen LogP contribution is -2.36. The number of carbonyl (C=O) groups is 1. The molecule has 1 aromatic carbocycles. The number of ether oxygens (including phenoxy) is 1. The summed E-state index contributed by atoms with van der Waals surface area (Å²) in [5.41, 5.74) is -1.62. The van der Waals surface area contributed by atoms with Crippen molar-refractivity contribution in [1.29, 1.82) is 0 Å². The van der Waals surface area contributed by atoms with Crippen molar-refractivity contribution in [2.45, 2.75) is 44.4 Å². The Bertz CT molecular complexity index is 752. The number of nitrogens with zero attached hydrogens (tertiary/aromatic N) is 1. The Morgan fingerprint density at radius 3 is 2.40 bits per heavy atom. The maximum Gasteiger partial charge on any atom is 0.458 e. The van der Waals surface area contributed by atoms with Gasteiger partial charge in [0.05, 0.1) is 5.70 Å². The number of alkyl halides is 5. The number of carbonyl (C=O) groups excluding carboxylic acids is 1. The van der Waals surface area contributed by atoms with Crippen molar-refractivity contribution in [2.24, 2.45) is 0 Å². The highest BCUT2D eigenvalue weighted by Gasteiger charge is 2.59. The van der Waals surface area contributed by atoms with Gasteiger partial charge < -0.3 is 9.64 Å². The number of hydrogen-bond acceptors (Lipinski definition) is 2. The summed E-state index contributed by atoms with van der Waals surface area (Å²) in [6.45, 7) is 3.82. The van der Waals surface area contributed by atoms with Crippen LogP contribution in [0.3, 0.4) is 0 Å². The summed E-state index contributed by atoms with van der Waals surface area (Å²) in [5.74, 6) is -5.01. The SMILES string of the molecule is CC1(C)C=C(N2CCCC2=O)c2cc(C(F)(F)C(F)(F)F)ccc2O1. The average Bonchev–Trinajstić information content (AvgIpc) is 2.89. The number of rotatable bonds is 2. The summed E-state index contributed by atoms with van der Waals surface area (Å²) in [6.07, 6.45) is -3.21. The van der Waals surface area contributed by atoms with Crippen molar-refractivity contribution in [2.75, 3.05) is 6.54 Å². The van der Waals surface area contributed by atoms with Gasteiger partial charge in [0.2, 0.25) is 5.91 Å². The van der Waals surface area contributed by atoms with Gasteiger partial charge >= 0.3 is 12.1 Å². The minimum absolute atomic E-state index is 0.0657. The molecule has 1 amide bonds. The first kappa shape index (κ1) is 17.7. The fourth-order valence-electron chi connectivity index (χ4n) is 3.02. The van der Waals surface area contributed by atoms with Crippen LogP contribution >= 0.6 is 0 Å². The van der Waals surface area contributed by atoms with Crippen molar-refractivity contribution < 1.29 is 31.5 Å². The molecule has 0 unspecified atom stereocenters. The minimum Gasteiger partial charge on any atom is -0.483 e. The van der Waals surface area contributed by atoms with Gasteiger partial charge in [-0.2, -0.15) is 22.0 Å². The third kappa shape index (κ3) is 2.98. The molecule has 2 aliphatic rings. The molecule has 0 radical (unpaired) electrons.